The Morgan fingerprint density at radius 1 is 1.06 bits per heavy atom. The molecule has 4 rings (SSSR count). The van der Waals surface area contributed by atoms with Gasteiger partial charge < -0.3 is 0 Å². The molecule has 7 nitrogen and oxygen atoms in total. The molecule has 0 aliphatic rings. The van der Waals surface area contributed by atoms with Crippen LogP contribution in [-0.4, -0.2) is 43.1 Å². The zero-order valence-corrected chi connectivity index (χ0v) is 19.5. The van der Waals surface area contributed by atoms with E-state index >= 15 is 0 Å². The molecular weight excluding hydrogens is 455 g/mol. The van der Waals surface area contributed by atoms with Crippen molar-refractivity contribution in [3.8, 4) is 5.69 Å². The summed E-state index contributed by atoms with van der Waals surface area (Å²) >= 11 is 13.5. The summed E-state index contributed by atoms with van der Waals surface area (Å²) in [4.78, 5) is 19.1. The highest BCUT2D eigenvalue weighted by molar-refractivity contribution is 7.98. The molecule has 0 saturated heterocycles. The van der Waals surface area contributed by atoms with Crippen molar-refractivity contribution in [3.63, 3.8) is 0 Å². The summed E-state index contributed by atoms with van der Waals surface area (Å²) in [7, 11) is 3.99. The van der Waals surface area contributed by atoms with E-state index in [2.05, 4.69) is 27.0 Å². The SMILES string of the molecule is CC(c1nnc(SCc2cc(=O)n3cc(Cl)ccc3n2)n1-c1ccc(Cl)cc1)N(C)C. The Labute approximate surface area is 193 Å². The molecule has 0 radical (unpaired) electrons. The smallest absolute Gasteiger partial charge is 0.258 e. The van der Waals surface area contributed by atoms with Crippen molar-refractivity contribution in [2.75, 3.05) is 14.1 Å². The van der Waals surface area contributed by atoms with Crippen molar-refractivity contribution in [1.82, 2.24) is 29.0 Å². The Morgan fingerprint density at radius 3 is 2.48 bits per heavy atom. The van der Waals surface area contributed by atoms with Crippen molar-refractivity contribution in [2.24, 2.45) is 0 Å². The third-order valence-electron chi connectivity index (χ3n) is 4.92. The van der Waals surface area contributed by atoms with Crippen molar-refractivity contribution in [3.05, 3.63) is 80.6 Å². The van der Waals surface area contributed by atoms with Crippen LogP contribution >= 0.6 is 35.0 Å². The average molecular weight is 475 g/mol. The van der Waals surface area contributed by atoms with E-state index in [1.807, 2.05) is 42.9 Å². The monoisotopic (exact) mass is 474 g/mol. The first-order chi connectivity index (χ1) is 14.8. The maximum Gasteiger partial charge on any atom is 0.258 e. The fourth-order valence-corrected chi connectivity index (χ4v) is 4.19. The maximum absolute atomic E-state index is 12.5. The van der Waals surface area contributed by atoms with E-state index in [1.54, 1.807) is 18.3 Å². The Hall–Kier alpha value is -2.39. The van der Waals surface area contributed by atoms with Crippen molar-refractivity contribution >= 4 is 40.6 Å². The molecule has 0 bridgehead atoms. The molecule has 0 aliphatic carbocycles. The molecule has 0 saturated carbocycles. The third-order valence-corrected chi connectivity index (χ3v) is 6.36. The van der Waals surface area contributed by atoms with E-state index in [0.717, 1.165) is 11.5 Å². The highest BCUT2D eigenvalue weighted by Crippen LogP contribution is 2.29. The number of hydrogen-bond acceptors (Lipinski definition) is 6. The number of halogens is 2. The van der Waals surface area contributed by atoms with Gasteiger partial charge in [0.2, 0.25) is 0 Å². The van der Waals surface area contributed by atoms with Gasteiger partial charge in [-0.25, -0.2) is 4.98 Å². The van der Waals surface area contributed by atoms with Gasteiger partial charge >= 0.3 is 0 Å². The summed E-state index contributed by atoms with van der Waals surface area (Å²) in [6, 6.07) is 12.6. The van der Waals surface area contributed by atoms with Crippen LogP contribution < -0.4 is 5.56 Å². The first kappa shape index (κ1) is 21.8. The fraction of sp³-hybridized carbons (Fsp3) is 0.238. The summed E-state index contributed by atoms with van der Waals surface area (Å²) in [5, 5.41) is 10.7. The lowest BCUT2D eigenvalue weighted by Gasteiger charge is -2.20. The minimum absolute atomic E-state index is 0.0470. The normalized spacial score (nSPS) is 12.6. The minimum Gasteiger partial charge on any atom is -0.300 e. The Bertz CT molecular complexity index is 1290. The molecule has 1 unspecified atom stereocenters. The number of rotatable bonds is 6. The number of pyridine rings is 1. The third kappa shape index (κ3) is 4.62. The Morgan fingerprint density at radius 2 is 1.77 bits per heavy atom. The quantitative estimate of drug-likeness (QED) is 0.383. The second-order valence-corrected chi connectivity index (χ2v) is 9.06. The van der Waals surface area contributed by atoms with Crippen LogP contribution in [0.5, 0.6) is 0 Å². The standard InChI is InChI=1S/C21H20Cl2N6OS/c1-13(27(2)3)20-25-26-21(29(20)17-7-4-14(22)5-8-17)31-12-16-10-19(30)28-11-15(23)6-9-18(28)24-16/h4-11,13H,12H2,1-3H3. The van der Waals surface area contributed by atoms with Gasteiger partial charge in [-0.1, -0.05) is 35.0 Å². The molecule has 0 amide bonds. The number of nitrogens with zero attached hydrogens (tertiary/aromatic N) is 6. The summed E-state index contributed by atoms with van der Waals surface area (Å²) < 4.78 is 3.45. The molecule has 1 aromatic carbocycles. The van der Waals surface area contributed by atoms with Crippen molar-refractivity contribution in [2.45, 2.75) is 23.9 Å². The average Bonchev–Trinajstić information content (AvgIpc) is 3.16. The molecule has 10 heteroatoms. The van der Waals surface area contributed by atoms with E-state index in [4.69, 9.17) is 23.2 Å². The van der Waals surface area contributed by atoms with E-state index < -0.39 is 0 Å². The van der Waals surface area contributed by atoms with Gasteiger partial charge in [0.05, 0.1) is 16.8 Å². The van der Waals surface area contributed by atoms with Crippen LogP contribution in [0.1, 0.15) is 24.5 Å². The predicted molar refractivity (Wildman–Crippen MR) is 125 cm³/mol. The summed E-state index contributed by atoms with van der Waals surface area (Å²) in [5.41, 5.74) is 1.95. The van der Waals surface area contributed by atoms with Gasteiger partial charge in [0.15, 0.2) is 11.0 Å². The van der Waals surface area contributed by atoms with E-state index in [0.29, 0.717) is 32.3 Å². The van der Waals surface area contributed by atoms with E-state index in [-0.39, 0.29) is 11.6 Å². The molecule has 0 N–H and O–H groups in total. The zero-order valence-electron chi connectivity index (χ0n) is 17.2. The molecule has 0 fully saturated rings. The molecule has 3 aromatic heterocycles. The lowest BCUT2D eigenvalue weighted by atomic mass is 10.2. The molecule has 0 spiro atoms. The van der Waals surface area contributed by atoms with Crippen molar-refractivity contribution < 1.29 is 0 Å². The van der Waals surface area contributed by atoms with E-state index in [1.165, 1.54) is 22.2 Å². The van der Waals surface area contributed by atoms with Gasteiger partial charge in [0.1, 0.15) is 5.65 Å². The number of benzene rings is 1. The first-order valence-electron chi connectivity index (χ1n) is 9.52. The second kappa shape index (κ2) is 9.00. The van der Waals surface area contributed by atoms with Crippen molar-refractivity contribution in [1.29, 1.82) is 0 Å². The molecule has 3 heterocycles. The molecular formula is C21H20Cl2N6OS. The van der Waals surface area contributed by atoms with E-state index in [9.17, 15) is 4.79 Å². The zero-order chi connectivity index (χ0) is 22.1. The molecule has 31 heavy (non-hydrogen) atoms. The predicted octanol–water partition coefficient (Wildman–Crippen LogP) is 4.50. The summed E-state index contributed by atoms with van der Waals surface area (Å²) in [5.74, 6) is 1.28. The first-order valence-corrected chi connectivity index (χ1v) is 11.3. The van der Waals surface area contributed by atoms with Crippen LogP contribution in [0.3, 0.4) is 0 Å². The van der Waals surface area contributed by atoms with Gasteiger partial charge in [-0.15, -0.1) is 10.2 Å². The van der Waals surface area contributed by atoms with Crippen LogP contribution in [0, 0.1) is 0 Å². The topological polar surface area (TPSA) is 68.3 Å². The highest BCUT2D eigenvalue weighted by atomic mass is 35.5. The van der Waals surface area contributed by atoms with Gasteiger partial charge in [-0.3, -0.25) is 18.7 Å². The van der Waals surface area contributed by atoms with Crippen LogP contribution in [0.2, 0.25) is 10.0 Å². The number of fused-ring (bicyclic) bond motifs is 1. The summed E-state index contributed by atoms with van der Waals surface area (Å²) in [6.45, 7) is 2.07. The van der Waals surface area contributed by atoms with Gasteiger partial charge in [0.25, 0.3) is 5.56 Å². The second-order valence-electron chi connectivity index (χ2n) is 7.24. The van der Waals surface area contributed by atoms with Crippen LogP contribution in [0.4, 0.5) is 0 Å². The largest absolute Gasteiger partial charge is 0.300 e. The van der Waals surface area contributed by atoms with Gasteiger partial charge in [0, 0.05) is 28.7 Å². The lowest BCUT2D eigenvalue weighted by molar-refractivity contribution is 0.305. The van der Waals surface area contributed by atoms with Gasteiger partial charge in [-0.2, -0.15) is 0 Å². The molecule has 1 atom stereocenters. The minimum atomic E-state index is -0.177. The number of hydrogen-bond donors (Lipinski definition) is 0. The fourth-order valence-electron chi connectivity index (χ4n) is 3.05. The lowest BCUT2D eigenvalue weighted by Crippen LogP contribution is -2.20. The summed E-state index contributed by atoms with van der Waals surface area (Å²) in [6.07, 6.45) is 1.56. The Kier molecular flexibility index (Phi) is 6.34. The number of thioether (sulfide) groups is 1. The van der Waals surface area contributed by atoms with Crippen LogP contribution in [-0.2, 0) is 5.75 Å². The maximum atomic E-state index is 12.5. The Balaban J connectivity index is 1.69. The number of aromatic nitrogens is 5. The highest BCUT2D eigenvalue weighted by Gasteiger charge is 2.21. The van der Waals surface area contributed by atoms with Gasteiger partial charge in [-0.05, 0) is 57.4 Å². The molecule has 4 aromatic rings. The van der Waals surface area contributed by atoms with Crippen LogP contribution in [0.25, 0.3) is 11.3 Å². The molecule has 160 valence electrons. The van der Waals surface area contributed by atoms with Crippen LogP contribution in [0.15, 0.2) is 58.6 Å². The molecule has 0 aliphatic heterocycles.